The van der Waals surface area contributed by atoms with Gasteiger partial charge in [0.05, 0.1) is 0 Å². The van der Waals surface area contributed by atoms with Gasteiger partial charge in [-0.15, -0.1) is 0 Å². The van der Waals surface area contributed by atoms with Gasteiger partial charge in [-0.25, -0.2) is 0 Å². The highest BCUT2D eigenvalue weighted by Gasteiger charge is 2.24. The molecule has 0 spiro atoms. The number of aryl methyl sites for hydroxylation is 2. The number of hydrogen-bond acceptors (Lipinski definition) is 5. The molecule has 2 heterocycles. The zero-order valence-electron chi connectivity index (χ0n) is 17.3. The Labute approximate surface area is 176 Å². The van der Waals surface area contributed by atoms with Crippen LogP contribution in [-0.4, -0.2) is 61.2 Å². The third kappa shape index (κ3) is 4.35. The van der Waals surface area contributed by atoms with Gasteiger partial charge in [-0.1, -0.05) is 6.07 Å². The average molecular weight is 410 g/mol. The molecule has 7 nitrogen and oxygen atoms in total. The molecule has 1 fully saturated rings. The summed E-state index contributed by atoms with van der Waals surface area (Å²) in [4.78, 5) is 29.1. The zero-order valence-corrected chi connectivity index (χ0v) is 17.3. The van der Waals surface area contributed by atoms with Gasteiger partial charge < -0.3 is 24.0 Å². The van der Waals surface area contributed by atoms with Crippen LogP contribution in [0.5, 0.6) is 17.2 Å². The maximum absolute atomic E-state index is 12.9. The van der Waals surface area contributed by atoms with E-state index in [0.29, 0.717) is 49.0 Å². The van der Waals surface area contributed by atoms with Gasteiger partial charge in [0.15, 0.2) is 18.1 Å². The van der Waals surface area contributed by atoms with Crippen LogP contribution in [0.3, 0.4) is 0 Å². The largest absolute Gasteiger partial charge is 0.484 e. The molecule has 2 amide bonds. The van der Waals surface area contributed by atoms with Crippen molar-refractivity contribution < 1.29 is 23.8 Å². The van der Waals surface area contributed by atoms with E-state index >= 15 is 0 Å². The average Bonchev–Trinajstić information content (AvgIpc) is 3.08. The number of benzene rings is 2. The van der Waals surface area contributed by atoms with Gasteiger partial charge in [-0.2, -0.15) is 0 Å². The molecule has 2 aromatic rings. The monoisotopic (exact) mass is 410 g/mol. The lowest BCUT2D eigenvalue weighted by Gasteiger charge is -2.22. The van der Waals surface area contributed by atoms with E-state index in [1.54, 1.807) is 28.0 Å². The minimum atomic E-state index is -0.0643. The number of ether oxygens (including phenoxy) is 3. The first-order chi connectivity index (χ1) is 14.5. The molecule has 2 aliphatic rings. The molecule has 0 aromatic heterocycles. The number of fused-ring (bicyclic) bond motifs is 1. The quantitative estimate of drug-likeness (QED) is 0.775. The molecule has 7 heteroatoms. The van der Waals surface area contributed by atoms with Crippen molar-refractivity contribution >= 4 is 11.8 Å². The molecule has 0 bridgehead atoms. The number of nitrogens with zero attached hydrogens (tertiary/aromatic N) is 2. The second kappa shape index (κ2) is 8.65. The Balaban J connectivity index is 1.32. The minimum absolute atomic E-state index is 0.00138. The van der Waals surface area contributed by atoms with Crippen LogP contribution in [0.4, 0.5) is 0 Å². The number of hydrogen-bond donors (Lipinski definition) is 0. The fourth-order valence-corrected chi connectivity index (χ4v) is 3.62. The molecule has 30 heavy (non-hydrogen) atoms. The summed E-state index contributed by atoms with van der Waals surface area (Å²) >= 11 is 0. The maximum Gasteiger partial charge on any atom is 0.260 e. The first-order valence-electron chi connectivity index (χ1n) is 10.2. The standard InChI is InChI=1S/C23H26N2O5/c1-16-4-6-19(12-17(16)2)28-14-22(26)24-8-3-9-25(11-10-24)23(27)18-5-7-20-21(13-18)30-15-29-20/h4-7,12-13H,3,8-11,14-15H2,1-2H3. The van der Waals surface area contributed by atoms with Gasteiger partial charge in [-0.05, 0) is 61.7 Å². The maximum atomic E-state index is 12.9. The third-order valence-corrected chi connectivity index (χ3v) is 5.60. The van der Waals surface area contributed by atoms with E-state index in [-0.39, 0.29) is 25.2 Å². The molecule has 1 saturated heterocycles. The molecule has 0 saturated carbocycles. The minimum Gasteiger partial charge on any atom is -0.484 e. The van der Waals surface area contributed by atoms with Crippen LogP contribution >= 0.6 is 0 Å². The highest BCUT2D eigenvalue weighted by Crippen LogP contribution is 2.32. The lowest BCUT2D eigenvalue weighted by Crippen LogP contribution is -2.39. The zero-order chi connectivity index (χ0) is 21.1. The lowest BCUT2D eigenvalue weighted by molar-refractivity contribution is -0.133. The Morgan fingerprint density at radius 3 is 2.50 bits per heavy atom. The summed E-state index contributed by atoms with van der Waals surface area (Å²) in [5, 5.41) is 0. The Bertz CT molecular complexity index is 959. The smallest absolute Gasteiger partial charge is 0.260 e. The summed E-state index contributed by atoms with van der Waals surface area (Å²) in [6, 6.07) is 11.0. The molecule has 158 valence electrons. The predicted molar refractivity (Wildman–Crippen MR) is 111 cm³/mol. The van der Waals surface area contributed by atoms with Crippen LogP contribution < -0.4 is 14.2 Å². The van der Waals surface area contributed by atoms with Gasteiger partial charge in [0, 0.05) is 31.7 Å². The molecule has 0 N–H and O–H groups in total. The SMILES string of the molecule is Cc1ccc(OCC(=O)N2CCCN(C(=O)c3ccc4c(c3)OCO4)CC2)cc1C. The van der Waals surface area contributed by atoms with Crippen LogP contribution in [0.15, 0.2) is 36.4 Å². The Morgan fingerprint density at radius 1 is 0.900 bits per heavy atom. The molecule has 0 unspecified atom stereocenters. The Morgan fingerprint density at radius 2 is 1.67 bits per heavy atom. The molecule has 0 atom stereocenters. The third-order valence-electron chi connectivity index (χ3n) is 5.60. The van der Waals surface area contributed by atoms with Crippen molar-refractivity contribution in [2.24, 2.45) is 0 Å². The van der Waals surface area contributed by atoms with Gasteiger partial charge >= 0.3 is 0 Å². The van der Waals surface area contributed by atoms with E-state index in [0.717, 1.165) is 12.0 Å². The van der Waals surface area contributed by atoms with Gasteiger partial charge in [0.25, 0.3) is 11.8 Å². The van der Waals surface area contributed by atoms with Crippen molar-refractivity contribution in [3.8, 4) is 17.2 Å². The second-order valence-corrected chi connectivity index (χ2v) is 7.63. The number of amides is 2. The molecule has 2 aromatic carbocycles. The number of rotatable bonds is 4. The molecule has 4 rings (SSSR count). The molecule has 0 radical (unpaired) electrons. The fraction of sp³-hybridized carbons (Fsp3) is 0.391. The molecule has 2 aliphatic heterocycles. The Hall–Kier alpha value is -3.22. The first-order valence-corrected chi connectivity index (χ1v) is 10.2. The second-order valence-electron chi connectivity index (χ2n) is 7.63. The van der Waals surface area contributed by atoms with Crippen LogP contribution in [0, 0.1) is 13.8 Å². The van der Waals surface area contributed by atoms with Crippen LogP contribution in [0.2, 0.25) is 0 Å². The van der Waals surface area contributed by atoms with Crippen molar-refractivity contribution in [3.63, 3.8) is 0 Å². The van der Waals surface area contributed by atoms with E-state index < -0.39 is 0 Å². The van der Waals surface area contributed by atoms with Gasteiger partial charge in [-0.3, -0.25) is 9.59 Å². The molecular formula is C23H26N2O5. The summed E-state index contributed by atoms with van der Waals surface area (Å²) in [7, 11) is 0. The summed E-state index contributed by atoms with van der Waals surface area (Å²) < 4.78 is 16.4. The molecule has 0 aliphatic carbocycles. The highest BCUT2D eigenvalue weighted by molar-refractivity contribution is 5.95. The van der Waals surface area contributed by atoms with E-state index in [2.05, 4.69) is 0 Å². The van der Waals surface area contributed by atoms with E-state index in [1.807, 2.05) is 32.0 Å². The number of carbonyl (C=O) groups is 2. The van der Waals surface area contributed by atoms with E-state index in [4.69, 9.17) is 14.2 Å². The van der Waals surface area contributed by atoms with Crippen LogP contribution in [0.25, 0.3) is 0 Å². The van der Waals surface area contributed by atoms with E-state index in [9.17, 15) is 9.59 Å². The van der Waals surface area contributed by atoms with Gasteiger partial charge in [0.1, 0.15) is 5.75 Å². The predicted octanol–water partition coefficient (Wildman–Crippen LogP) is 2.79. The van der Waals surface area contributed by atoms with E-state index in [1.165, 1.54) is 5.56 Å². The normalized spacial score (nSPS) is 15.7. The van der Waals surface area contributed by atoms with Crippen molar-refractivity contribution in [3.05, 3.63) is 53.1 Å². The Kier molecular flexibility index (Phi) is 5.79. The van der Waals surface area contributed by atoms with Crippen molar-refractivity contribution in [2.45, 2.75) is 20.3 Å². The molecular weight excluding hydrogens is 384 g/mol. The lowest BCUT2D eigenvalue weighted by atomic mass is 10.1. The van der Waals surface area contributed by atoms with Crippen molar-refractivity contribution in [1.82, 2.24) is 9.80 Å². The first kappa shape index (κ1) is 20.1. The fourth-order valence-electron chi connectivity index (χ4n) is 3.62. The van der Waals surface area contributed by atoms with Gasteiger partial charge in [0.2, 0.25) is 6.79 Å². The van der Waals surface area contributed by atoms with Crippen LogP contribution in [-0.2, 0) is 4.79 Å². The number of carbonyl (C=O) groups excluding carboxylic acids is 2. The highest BCUT2D eigenvalue weighted by atomic mass is 16.7. The summed E-state index contributed by atoms with van der Waals surface area (Å²) in [6.07, 6.45) is 0.728. The summed E-state index contributed by atoms with van der Waals surface area (Å²) in [5.74, 6) is 1.82. The summed E-state index contributed by atoms with van der Waals surface area (Å²) in [6.45, 7) is 6.43. The van der Waals surface area contributed by atoms with Crippen LogP contribution in [0.1, 0.15) is 27.9 Å². The van der Waals surface area contributed by atoms with Crippen molar-refractivity contribution in [2.75, 3.05) is 39.6 Å². The summed E-state index contributed by atoms with van der Waals surface area (Å²) in [5.41, 5.74) is 2.89. The van der Waals surface area contributed by atoms with Crippen molar-refractivity contribution in [1.29, 1.82) is 0 Å². The topological polar surface area (TPSA) is 68.3 Å².